The van der Waals surface area contributed by atoms with Crippen LogP contribution in [0.25, 0.3) is 11.0 Å². The van der Waals surface area contributed by atoms with Crippen LogP contribution < -0.4 is 10.6 Å². The number of benzene rings is 1. The molecule has 1 saturated carbocycles. The highest BCUT2D eigenvalue weighted by Crippen LogP contribution is 2.29. The first-order chi connectivity index (χ1) is 12.3. The first-order valence-electron chi connectivity index (χ1n) is 8.45. The van der Waals surface area contributed by atoms with Gasteiger partial charge in [0, 0.05) is 23.5 Å². The van der Waals surface area contributed by atoms with Crippen LogP contribution in [-0.2, 0) is 11.3 Å². The third-order valence-corrected chi connectivity index (χ3v) is 4.80. The van der Waals surface area contributed by atoms with Crippen molar-refractivity contribution in [2.75, 3.05) is 10.6 Å². The normalized spacial score (nSPS) is 16.4. The maximum Gasteiger partial charge on any atom is 0.338 e. The molecule has 126 valence electrons. The summed E-state index contributed by atoms with van der Waals surface area (Å²) in [7, 11) is 0. The van der Waals surface area contributed by atoms with E-state index in [2.05, 4.69) is 25.6 Å². The SMILES string of the molecule is O=C1OCc2cc(Nc3nc(NC4CCC4)c4cc[nH]c4n3)ccc21. The summed E-state index contributed by atoms with van der Waals surface area (Å²) in [4.78, 5) is 23.9. The molecule has 2 aromatic heterocycles. The molecule has 0 bridgehead atoms. The van der Waals surface area contributed by atoms with Gasteiger partial charge in [0.1, 0.15) is 18.1 Å². The molecule has 7 nitrogen and oxygen atoms in total. The molecule has 1 aromatic carbocycles. The summed E-state index contributed by atoms with van der Waals surface area (Å²) in [5, 5.41) is 7.73. The monoisotopic (exact) mass is 335 g/mol. The Balaban J connectivity index is 1.47. The first-order valence-corrected chi connectivity index (χ1v) is 8.45. The van der Waals surface area contributed by atoms with E-state index in [0.717, 1.165) is 28.1 Å². The van der Waals surface area contributed by atoms with Gasteiger partial charge in [-0.3, -0.25) is 0 Å². The third kappa shape index (κ3) is 2.48. The minimum absolute atomic E-state index is 0.266. The zero-order valence-corrected chi connectivity index (χ0v) is 13.5. The highest BCUT2D eigenvalue weighted by Gasteiger charge is 2.22. The van der Waals surface area contributed by atoms with Crippen molar-refractivity contribution in [3.8, 4) is 0 Å². The molecule has 2 aliphatic rings. The number of nitrogens with zero attached hydrogens (tertiary/aromatic N) is 2. The summed E-state index contributed by atoms with van der Waals surface area (Å²) in [6.45, 7) is 0.314. The van der Waals surface area contributed by atoms with Gasteiger partial charge in [0.2, 0.25) is 5.95 Å². The van der Waals surface area contributed by atoms with Crippen molar-refractivity contribution in [3.63, 3.8) is 0 Å². The number of carbonyl (C=O) groups is 1. The molecule has 1 aliphatic carbocycles. The van der Waals surface area contributed by atoms with Crippen molar-refractivity contribution in [1.29, 1.82) is 0 Å². The number of ether oxygens (including phenoxy) is 1. The molecule has 7 heteroatoms. The van der Waals surface area contributed by atoms with Gasteiger partial charge in [-0.25, -0.2) is 4.79 Å². The van der Waals surface area contributed by atoms with E-state index in [1.807, 2.05) is 24.4 Å². The standard InChI is InChI=1S/C18H17N5O2/c24-17-13-5-4-12(8-10(13)9-25-17)21-18-22-15-14(6-7-19-15)16(23-18)20-11-2-1-3-11/h4-8,11H,1-3,9H2,(H3,19,20,21,22,23). The van der Waals surface area contributed by atoms with Gasteiger partial charge >= 0.3 is 5.97 Å². The zero-order chi connectivity index (χ0) is 16.8. The lowest BCUT2D eigenvalue weighted by atomic mass is 9.93. The van der Waals surface area contributed by atoms with Gasteiger partial charge < -0.3 is 20.4 Å². The molecule has 0 radical (unpaired) electrons. The minimum atomic E-state index is -0.266. The molecular weight excluding hydrogens is 318 g/mol. The first kappa shape index (κ1) is 14.3. The zero-order valence-electron chi connectivity index (χ0n) is 13.5. The second kappa shape index (κ2) is 5.47. The number of hydrogen-bond acceptors (Lipinski definition) is 6. The summed E-state index contributed by atoms with van der Waals surface area (Å²) in [6, 6.07) is 7.99. The Morgan fingerprint density at radius 1 is 1.20 bits per heavy atom. The fourth-order valence-electron chi connectivity index (χ4n) is 3.19. The highest BCUT2D eigenvalue weighted by molar-refractivity contribution is 5.94. The topological polar surface area (TPSA) is 91.9 Å². The second-order valence-electron chi connectivity index (χ2n) is 6.48. The van der Waals surface area contributed by atoms with Crippen molar-refractivity contribution >= 4 is 34.5 Å². The summed E-state index contributed by atoms with van der Waals surface area (Å²) < 4.78 is 5.04. The largest absolute Gasteiger partial charge is 0.457 e. The van der Waals surface area contributed by atoms with Crippen molar-refractivity contribution < 1.29 is 9.53 Å². The third-order valence-electron chi connectivity index (χ3n) is 4.80. The molecule has 5 rings (SSSR count). The summed E-state index contributed by atoms with van der Waals surface area (Å²) >= 11 is 0. The fraction of sp³-hybridized carbons (Fsp3) is 0.278. The van der Waals surface area contributed by atoms with E-state index in [1.165, 1.54) is 19.3 Å². The van der Waals surface area contributed by atoms with E-state index in [-0.39, 0.29) is 5.97 Å². The second-order valence-corrected chi connectivity index (χ2v) is 6.48. The van der Waals surface area contributed by atoms with Crippen LogP contribution in [0.4, 0.5) is 17.5 Å². The summed E-state index contributed by atoms with van der Waals surface area (Å²) in [5.41, 5.74) is 3.12. The molecule has 1 fully saturated rings. The summed E-state index contributed by atoms with van der Waals surface area (Å²) in [6.07, 6.45) is 5.49. The van der Waals surface area contributed by atoms with Crippen LogP contribution in [0.15, 0.2) is 30.5 Å². The van der Waals surface area contributed by atoms with E-state index < -0.39 is 0 Å². The highest BCUT2D eigenvalue weighted by atomic mass is 16.5. The summed E-state index contributed by atoms with van der Waals surface area (Å²) in [5.74, 6) is 1.10. The van der Waals surface area contributed by atoms with Gasteiger partial charge in [0.15, 0.2) is 0 Å². The number of esters is 1. The fourth-order valence-corrected chi connectivity index (χ4v) is 3.19. The van der Waals surface area contributed by atoms with Gasteiger partial charge in [0.05, 0.1) is 10.9 Å². The molecule has 3 heterocycles. The Morgan fingerprint density at radius 2 is 2.12 bits per heavy atom. The predicted octanol–water partition coefficient (Wildman–Crippen LogP) is 3.34. The van der Waals surface area contributed by atoms with Crippen LogP contribution in [0.2, 0.25) is 0 Å². The molecule has 0 atom stereocenters. The lowest BCUT2D eigenvalue weighted by Crippen LogP contribution is -2.27. The number of anilines is 3. The van der Waals surface area contributed by atoms with E-state index in [1.54, 1.807) is 6.07 Å². The molecule has 0 saturated heterocycles. The van der Waals surface area contributed by atoms with Crippen LogP contribution in [0.5, 0.6) is 0 Å². The average Bonchev–Trinajstić information content (AvgIpc) is 3.18. The molecular formula is C18H17N5O2. The van der Waals surface area contributed by atoms with Gasteiger partial charge in [-0.15, -0.1) is 0 Å². The lowest BCUT2D eigenvalue weighted by Gasteiger charge is -2.27. The molecule has 0 unspecified atom stereocenters. The molecule has 0 amide bonds. The number of fused-ring (bicyclic) bond motifs is 2. The van der Waals surface area contributed by atoms with Crippen molar-refractivity contribution in [2.45, 2.75) is 31.9 Å². The van der Waals surface area contributed by atoms with Crippen LogP contribution in [0, 0.1) is 0 Å². The van der Waals surface area contributed by atoms with Crippen LogP contribution in [0.1, 0.15) is 35.2 Å². The Morgan fingerprint density at radius 3 is 2.96 bits per heavy atom. The van der Waals surface area contributed by atoms with E-state index >= 15 is 0 Å². The average molecular weight is 335 g/mol. The van der Waals surface area contributed by atoms with E-state index in [0.29, 0.717) is 24.2 Å². The number of aromatic nitrogens is 3. The number of H-pyrrole nitrogens is 1. The van der Waals surface area contributed by atoms with Crippen molar-refractivity contribution in [2.24, 2.45) is 0 Å². The van der Waals surface area contributed by atoms with Gasteiger partial charge in [-0.1, -0.05) is 0 Å². The smallest absolute Gasteiger partial charge is 0.338 e. The van der Waals surface area contributed by atoms with Gasteiger partial charge in [0.25, 0.3) is 0 Å². The molecule has 25 heavy (non-hydrogen) atoms. The number of nitrogens with one attached hydrogen (secondary N) is 3. The number of aromatic amines is 1. The number of hydrogen-bond donors (Lipinski definition) is 3. The molecule has 1 aliphatic heterocycles. The molecule has 3 N–H and O–H groups in total. The number of carbonyl (C=O) groups excluding carboxylic acids is 1. The van der Waals surface area contributed by atoms with Gasteiger partial charge in [-0.05, 0) is 43.5 Å². The quantitative estimate of drug-likeness (QED) is 0.633. The van der Waals surface area contributed by atoms with Crippen molar-refractivity contribution in [3.05, 3.63) is 41.6 Å². The minimum Gasteiger partial charge on any atom is -0.457 e. The van der Waals surface area contributed by atoms with E-state index in [4.69, 9.17) is 4.74 Å². The predicted molar refractivity (Wildman–Crippen MR) is 94.0 cm³/mol. The maximum atomic E-state index is 11.6. The van der Waals surface area contributed by atoms with Crippen LogP contribution >= 0.6 is 0 Å². The molecule has 0 spiro atoms. The Labute approximate surface area is 143 Å². The number of rotatable bonds is 4. The van der Waals surface area contributed by atoms with Gasteiger partial charge in [-0.2, -0.15) is 9.97 Å². The van der Waals surface area contributed by atoms with Crippen molar-refractivity contribution in [1.82, 2.24) is 15.0 Å². The Hall–Kier alpha value is -3.09. The lowest BCUT2D eigenvalue weighted by molar-refractivity contribution is 0.0535. The number of cyclic esters (lactones) is 1. The van der Waals surface area contributed by atoms with Crippen LogP contribution in [-0.4, -0.2) is 27.0 Å². The maximum absolute atomic E-state index is 11.6. The van der Waals surface area contributed by atoms with Crippen LogP contribution in [0.3, 0.4) is 0 Å². The Bertz CT molecular complexity index is 977. The Kier molecular flexibility index (Phi) is 3.12. The molecule has 3 aromatic rings. The van der Waals surface area contributed by atoms with E-state index in [9.17, 15) is 4.79 Å².